The maximum Gasteiger partial charge on any atom is 0.225 e. The molecule has 0 aliphatic heterocycles. The van der Waals surface area contributed by atoms with Gasteiger partial charge in [0.15, 0.2) is 0 Å². The summed E-state index contributed by atoms with van der Waals surface area (Å²) >= 11 is 0. The van der Waals surface area contributed by atoms with Gasteiger partial charge in [0.2, 0.25) is 5.95 Å². The van der Waals surface area contributed by atoms with Gasteiger partial charge in [-0.1, -0.05) is 32.0 Å². The molecule has 26 heavy (non-hydrogen) atoms. The molecule has 0 fully saturated rings. The maximum atomic E-state index is 9.61. The number of aromatic nitrogens is 3. The van der Waals surface area contributed by atoms with Crippen molar-refractivity contribution in [2.24, 2.45) is 5.92 Å². The highest BCUT2D eigenvalue weighted by molar-refractivity contribution is 5.67. The summed E-state index contributed by atoms with van der Waals surface area (Å²) in [6, 6.07) is 15.4. The number of hydrogen-bond donors (Lipinski definition) is 3. The van der Waals surface area contributed by atoms with Gasteiger partial charge in [-0.25, -0.2) is 4.98 Å². The molecule has 3 N–H and O–H groups in total. The fraction of sp³-hybridized carbons (Fsp3) is 0.250. The molecule has 0 saturated heterocycles. The van der Waals surface area contributed by atoms with E-state index in [0.29, 0.717) is 11.8 Å². The predicted octanol–water partition coefficient (Wildman–Crippen LogP) is 3.71. The number of benzene rings is 1. The van der Waals surface area contributed by atoms with Crippen molar-refractivity contribution >= 4 is 17.5 Å². The molecule has 0 amide bonds. The quantitative estimate of drug-likeness (QED) is 0.603. The summed E-state index contributed by atoms with van der Waals surface area (Å²) in [7, 11) is 0. The number of pyridine rings is 1. The Morgan fingerprint density at radius 1 is 1.00 bits per heavy atom. The molecule has 3 aromatic rings. The number of hydrogen-bond acceptors (Lipinski definition) is 6. The zero-order valence-corrected chi connectivity index (χ0v) is 14.9. The van der Waals surface area contributed by atoms with Gasteiger partial charge in [-0.15, -0.1) is 0 Å². The highest BCUT2D eigenvalue weighted by Crippen LogP contribution is 2.24. The Kier molecular flexibility index (Phi) is 5.76. The van der Waals surface area contributed by atoms with Crippen LogP contribution in [0.4, 0.5) is 17.5 Å². The third-order valence-corrected chi connectivity index (χ3v) is 4.06. The van der Waals surface area contributed by atoms with Gasteiger partial charge in [0.25, 0.3) is 0 Å². The molecule has 3 rings (SSSR count). The molecule has 0 aliphatic rings. The highest BCUT2D eigenvalue weighted by Gasteiger charge is 2.15. The van der Waals surface area contributed by atoms with Crippen LogP contribution in [-0.2, 0) is 0 Å². The van der Waals surface area contributed by atoms with Gasteiger partial charge in [-0.3, -0.25) is 4.98 Å². The lowest BCUT2D eigenvalue weighted by molar-refractivity contribution is 0.248. The fourth-order valence-electron chi connectivity index (χ4n) is 2.50. The number of anilines is 3. The predicted molar refractivity (Wildman–Crippen MR) is 104 cm³/mol. The van der Waals surface area contributed by atoms with E-state index in [1.165, 1.54) is 0 Å². The summed E-state index contributed by atoms with van der Waals surface area (Å²) in [5.74, 6) is 1.41. The molecule has 0 aliphatic carbocycles. The average Bonchev–Trinajstić information content (AvgIpc) is 2.67. The zero-order valence-electron chi connectivity index (χ0n) is 14.9. The Bertz CT molecular complexity index is 824. The summed E-state index contributed by atoms with van der Waals surface area (Å²) < 4.78 is 0. The Hall–Kier alpha value is -2.99. The summed E-state index contributed by atoms with van der Waals surface area (Å²) in [5, 5.41) is 16.1. The van der Waals surface area contributed by atoms with Crippen LogP contribution in [0.15, 0.2) is 60.9 Å². The molecule has 1 aromatic carbocycles. The standard InChI is InChI=1S/C20H23N5O/c1-14(2)18(13-26)24-20-23-17(15-8-10-21-11-9-15)12-19(25-20)22-16-6-4-3-5-7-16/h3-12,14,18,26H,13H2,1-2H3,(H2,22,23,24,25)/t18-/m0/s1. The summed E-state index contributed by atoms with van der Waals surface area (Å²) in [4.78, 5) is 13.2. The first-order chi connectivity index (χ1) is 12.7. The number of nitrogens with one attached hydrogen (secondary N) is 2. The number of nitrogens with zero attached hydrogens (tertiary/aromatic N) is 3. The monoisotopic (exact) mass is 349 g/mol. The molecule has 0 saturated carbocycles. The van der Waals surface area contributed by atoms with E-state index >= 15 is 0 Å². The van der Waals surface area contributed by atoms with Crippen LogP contribution in [0.2, 0.25) is 0 Å². The van der Waals surface area contributed by atoms with E-state index in [0.717, 1.165) is 16.9 Å². The Labute approximate surface area is 153 Å². The zero-order chi connectivity index (χ0) is 18.4. The Morgan fingerprint density at radius 3 is 2.38 bits per heavy atom. The number of rotatable bonds is 7. The molecule has 0 radical (unpaired) electrons. The second-order valence-electron chi connectivity index (χ2n) is 6.37. The van der Waals surface area contributed by atoms with Gasteiger partial charge < -0.3 is 15.7 Å². The SMILES string of the molecule is CC(C)[C@H](CO)Nc1nc(Nc2ccccc2)cc(-c2ccncc2)n1. The largest absolute Gasteiger partial charge is 0.394 e. The number of para-hydroxylation sites is 1. The van der Waals surface area contributed by atoms with Crippen molar-refractivity contribution in [2.75, 3.05) is 17.2 Å². The molecule has 0 unspecified atom stereocenters. The van der Waals surface area contributed by atoms with E-state index < -0.39 is 0 Å². The molecular weight excluding hydrogens is 326 g/mol. The van der Waals surface area contributed by atoms with Crippen LogP contribution in [0.25, 0.3) is 11.3 Å². The van der Waals surface area contributed by atoms with Crippen molar-refractivity contribution in [2.45, 2.75) is 19.9 Å². The van der Waals surface area contributed by atoms with E-state index in [1.807, 2.05) is 62.4 Å². The third kappa shape index (κ3) is 4.55. The minimum Gasteiger partial charge on any atom is -0.394 e. The lowest BCUT2D eigenvalue weighted by atomic mass is 10.1. The second kappa shape index (κ2) is 8.40. The average molecular weight is 349 g/mol. The molecule has 1 atom stereocenters. The van der Waals surface area contributed by atoms with Crippen LogP contribution in [0.5, 0.6) is 0 Å². The molecule has 6 nitrogen and oxygen atoms in total. The minimum atomic E-state index is -0.118. The van der Waals surface area contributed by atoms with Crippen LogP contribution < -0.4 is 10.6 Å². The van der Waals surface area contributed by atoms with Crippen molar-refractivity contribution in [1.29, 1.82) is 0 Å². The van der Waals surface area contributed by atoms with Crippen LogP contribution in [-0.4, -0.2) is 32.7 Å². The first-order valence-electron chi connectivity index (χ1n) is 8.64. The van der Waals surface area contributed by atoms with Gasteiger partial charge >= 0.3 is 0 Å². The summed E-state index contributed by atoms with van der Waals surface area (Å²) in [6.45, 7) is 4.11. The lowest BCUT2D eigenvalue weighted by Gasteiger charge is -2.20. The molecule has 134 valence electrons. The van der Waals surface area contributed by atoms with Crippen molar-refractivity contribution in [3.8, 4) is 11.3 Å². The first-order valence-corrected chi connectivity index (χ1v) is 8.64. The van der Waals surface area contributed by atoms with Gasteiger partial charge in [-0.05, 0) is 30.2 Å². The first kappa shape index (κ1) is 17.8. The van der Waals surface area contributed by atoms with E-state index in [2.05, 4.69) is 25.6 Å². The summed E-state index contributed by atoms with van der Waals surface area (Å²) in [6.07, 6.45) is 3.47. The molecule has 0 spiro atoms. The van der Waals surface area contributed by atoms with E-state index in [9.17, 15) is 5.11 Å². The van der Waals surface area contributed by atoms with Crippen LogP contribution in [0.1, 0.15) is 13.8 Å². The molecule has 0 bridgehead atoms. The normalized spacial score (nSPS) is 12.0. The topological polar surface area (TPSA) is 83.0 Å². The van der Waals surface area contributed by atoms with Crippen LogP contribution in [0, 0.1) is 5.92 Å². The molecule has 2 aromatic heterocycles. The van der Waals surface area contributed by atoms with Gasteiger partial charge in [0, 0.05) is 29.7 Å². The smallest absolute Gasteiger partial charge is 0.225 e. The van der Waals surface area contributed by atoms with E-state index in [4.69, 9.17) is 0 Å². The number of aliphatic hydroxyl groups is 1. The summed E-state index contributed by atoms with van der Waals surface area (Å²) in [5.41, 5.74) is 2.68. The molecule has 6 heteroatoms. The Balaban J connectivity index is 1.96. The van der Waals surface area contributed by atoms with Crippen LogP contribution in [0.3, 0.4) is 0 Å². The van der Waals surface area contributed by atoms with E-state index in [1.54, 1.807) is 12.4 Å². The van der Waals surface area contributed by atoms with Crippen LogP contribution >= 0.6 is 0 Å². The van der Waals surface area contributed by atoms with Gasteiger partial charge in [-0.2, -0.15) is 4.98 Å². The van der Waals surface area contributed by atoms with E-state index in [-0.39, 0.29) is 18.6 Å². The molecular formula is C20H23N5O. The highest BCUT2D eigenvalue weighted by atomic mass is 16.3. The fourth-order valence-corrected chi connectivity index (χ4v) is 2.50. The third-order valence-electron chi connectivity index (χ3n) is 4.06. The van der Waals surface area contributed by atoms with Gasteiger partial charge in [0.1, 0.15) is 5.82 Å². The number of aliphatic hydroxyl groups excluding tert-OH is 1. The van der Waals surface area contributed by atoms with Crippen molar-refractivity contribution in [1.82, 2.24) is 15.0 Å². The van der Waals surface area contributed by atoms with Crippen molar-refractivity contribution in [3.63, 3.8) is 0 Å². The second-order valence-corrected chi connectivity index (χ2v) is 6.37. The minimum absolute atomic E-state index is 0.0158. The Morgan fingerprint density at radius 2 is 1.73 bits per heavy atom. The van der Waals surface area contributed by atoms with Gasteiger partial charge in [0.05, 0.1) is 18.3 Å². The van der Waals surface area contributed by atoms with Crippen molar-refractivity contribution < 1.29 is 5.11 Å². The lowest BCUT2D eigenvalue weighted by Crippen LogP contribution is -2.30. The molecule has 2 heterocycles. The van der Waals surface area contributed by atoms with Crippen molar-refractivity contribution in [3.05, 3.63) is 60.9 Å². The maximum absolute atomic E-state index is 9.61.